The van der Waals surface area contributed by atoms with E-state index in [-0.39, 0.29) is 31.4 Å². The number of nitrogens with zero attached hydrogens (tertiary/aromatic N) is 2. The SMILES string of the molecule is CCOC(=O)CC(c1ccccc1)N1C(=O)c2cc(CCCC(S)NC(=O)OC(C)(C)C)ccc2N(Cc2ccccc2)C(=O)C1c1ccccc1. The minimum absolute atomic E-state index is 0.137. The molecule has 3 amide bonds. The number of amides is 3. The van der Waals surface area contributed by atoms with Crippen LogP contribution < -0.4 is 10.2 Å². The van der Waals surface area contributed by atoms with Crippen molar-refractivity contribution in [3.8, 4) is 0 Å². The van der Waals surface area contributed by atoms with E-state index in [1.54, 1.807) is 37.5 Å². The van der Waals surface area contributed by atoms with E-state index in [0.29, 0.717) is 41.6 Å². The minimum atomic E-state index is -1.04. The standard InChI is InChI=1S/C42H47N3O6S/c1-5-50-37(46)27-35(31-19-11-7-12-20-31)45-38(32-21-13-8-14-22-32)40(48)44(28-30-16-9-6-10-17-30)34-25-24-29(26-33(34)39(45)47)18-15-23-36(52)43-41(49)51-42(2,3)4/h6-14,16-17,19-22,24-26,35-36,38,52H,5,15,18,23,27-28H2,1-4H3,(H,43,49). The van der Waals surface area contributed by atoms with Gasteiger partial charge in [0.25, 0.3) is 11.8 Å². The Balaban J connectivity index is 1.57. The highest BCUT2D eigenvalue weighted by Crippen LogP contribution is 2.42. The Bertz CT molecular complexity index is 1830. The van der Waals surface area contributed by atoms with Crippen LogP contribution in [0.3, 0.4) is 0 Å². The maximum absolute atomic E-state index is 15.2. The first-order valence-electron chi connectivity index (χ1n) is 17.7. The third kappa shape index (κ3) is 9.82. The van der Waals surface area contributed by atoms with Crippen molar-refractivity contribution in [2.24, 2.45) is 0 Å². The van der Waals surface area contributed by atoms with Crippen LogP contribution in [-0.2, 0) is 32.0 Å². The van der Waals surface area contributed by atoms with Crippen LogP contribution in [0.4, 0.5) is 10.5 Å². The summed E-state index contributed by atoms with van der Waals surface area (Å²) in [6.07, 6.45) is 1.14. The van der Waals surface area contributed by atoms with Gasteiger partial charge in [0.2, 0.25) is 0 Å². The summed E-state index contributed by atoms with van der Waals surface area (Å²) in [6, 6.07) is 32.0. The maximum Gasteiger partial charge on any atom is 0.408 e. The second-order valence-corrected chi connectivity index (χ2v) is 14.4. The molecule has 3 atom stereocenters. The molecule has 52 heavy (non-hydrogen) atoms. The number of carbonyl (C=O) groups excluding carboxylic acids is 4. The summed E-state index contributed by atoms with van der Waals surface area (Å²) in [5.41, 5.74) is 3.37. The highest BCUT2D eigenvalue weighted by atomic mass is 32.1. The Morgan fingerprint density at radius 2 is 1.50 bits per heavy atom. The number of aryl methyl sites for hydroxylation is 1. The van der Waals surface area contributed by atoms with E-state index in [2.05, 4.69) is 17.9 Å². The molecule has 0 saturated heterocycles. The van der Waals surface area contributed by atoms with Gasteiger partial charge in [-0.15, -0.1) is 0 Å². The second kappa shape index (κ2) is 17.4. The lowest BCUT2D eigenvalue weighted by Crippen LogP contribution is -2.44. The fourth-order valence-electron chi connectivity index (χ4n) is 6.42. The number of esters is 1. The molecular formula is C42H47N3O6S. The predicted molar refractivity (Wildman–Crippen MR) is 205 cm³/mol. The molecule has 1 aliphatic heterocycles. The lowest BCUT2D eigenvalue weighted by Gasteiger charge is -2.37. The van der Waals surface area contributed by atoms with Crippen molar-refractivity contribution in [1.29, 1.82) is 0 Å². The number of nitrogens with one attached hydrogen (secondary N) is 1. The van der Waals surface area contributed by atoms with Crippen LogP contribution >= 0.6 is 12.6 Å². The molecule has 10 heteroatoms. The van der Waals surface area contributed by atoms with E-state index < -0.39 is 35.1 Å². The average molecular weight is 722 g/mol. The van der Waals surface area contributed by atoms with E-state index in [9.17, 15) is 9.59 Å². The molecule has 3 unspecified atom stereocenters. The second-order valence-electron chi connectivity index (χ2n) is 13.8. The van der Waals surface area contributed by atoms with Crippen molar-refractivity contribution in [2.45, 2.75) is 83.0 Å². The smallest absolute Gasteiger partial charge is 0.408 e. The van der Waals surface area contributed by atoms with Crippen LogP contribution in [0.15, 0.2) is 109 Å². The van der Waals surface area contributed by atoms with Crippen molar-refractivity contribution in [3.63, 3.8) is 0 Å². The van der Waals surface area contributed by atoms with Crippen LogP contribution in [0.25, 0.3) is 0 Å². The third-order valence-electron chi connectivity index (χ3n) is 8.71. The van der Waals surface area contributed by atoms with Crippen molar-refractivity contribution in [3.05, 3.63) is 137 Å². The summed E-state index contributed by atoms with van der Waals surface area (Å²) in [5, 5.41) is 2.34. The Hall–Kier alpha value is -5.09. The lowest BCUT2D eigenvalue weighted by molar-refractivity contribution is -0.145. The van der Waals surface area contributed by atoms with Crippen molar-refractivity contribution >= 4 is 42.2 Å². The van der Waals surface area contributed by atoms with Crippen molar-refractivity contribution in [1.82, 2.24) is 10.2 Å². The Morgan fingerprint density at radius 1 is 0.865 bits per heavy atom. The molecule has 1 heterocycles. The van der Waals surface area contributed by atoms with Gasteiger partial charge in [-0.05, 0) is 81.3 Å². The van der Waals surface area contributed by atoms with E-state index in [4.69, 9.17) is 9.47 Å². The zero-order valence-electron chi connectivity index (χ0n) is 30.2. The van der Waals surface area contributed by atoms with Crippen molar-refractivity contribution < 1.29 is 28.7 Å². The summed E-state index contributed by atoms with van der Waals surface area (Å²) in [7, 11) is 0. The summed E-state index contributed by atoms with van der Waals surface area (Å²) < 4.78 is 10.8. The molecule has 0 aliphatic carbocycles. The molecule has 0 fully saturated rings. The van der Waals surface area contributed by atoms with Gasteiger partial charge in [-0.3, -0.25) is 14.4 Å². The number of fused-ring (bicyclic) bond motifs is 1. The lowest BCUT2D eigenvalue weighted by atomic mass is 9.95. The molecule has 9 nitrogen and oxygen atoms in total. The topological polar surface area (TPSA) is 105 Å². The molecule has 272 valence electrons. The quantitative estimate of drug-likeness (QED) is 0.0820. The number of thiol groups is 1. The van der Waals surface area contributed by atoms with E-state index in [0.717, 1.165) is 11.1 Å². The molecule has 1 N–H and O–H groups in total. The number of rotatable bonds is 13. The number of ether oxygens (including phenoxy) is 2. The van der Waals surface area contributed by atoms with E-state index in [1.165, 1.54) is 0 Å². The largest absolute Gasteiger partial charge is 0.466 e. The third-order valence-corrected chi connectivity index (χ3v) is 9.09. The zero-order valence-corrected chi connectivity index (χ0v) is 31.1. The number of hydrogen-bond acceptors (Lipinski definition) is 7. The Morgan fingerprint density at radius 3 is 2.13 bits per heavy atom. The number of carbonyl (C=O) groups is 4. The van der Waals surface area contributed by atoms with Gasteiger partial charge in [-0.25, -0.2) is 4.79 Å². The van der Waals surface area contributed by atoms with Gasteiger partial charge >= 0.3 is 12.1 Å². The van der Waals surface area contributed by atoms with Gasteiger partial charge in [0.05, 0.1) is 42.2 Å². The summed E-state index contributed by atoms with van der Waals surface area (Å²) in [5.74, 6) is -1.12. The number of benzene rings is 4. The van der Waals surface area contributed by atoms with Crippen LogP contribution in [0.1, 0.15) is 91.7 Å². The molecule has 0 radical (unpaired) electrons. The first kappa shape index (κ1) is 38.1. The van der Waals surface area contributed by atoms with Crippen LogP contribution in [0.5, 0.6) is 0 Å². The van der Waals surface area contributed by atoms with E-state index >= 15 is 9.59 Å². The van der Waals surface area contributed by atoms with Gasteiger partial charge in [0.1, 0.15) is 11.6 Å². The number of hydrogen-bond donors (Lipinski definition) is 2. The van der Waals surface area contributed by atoms with Crippen molar-refractivity contribution in [2.75, 3.05) is 11.5 Å². The zero-order chi connectivity index (χ0) is 37.3. The van der Waals surface area contributed by atoms with E-state index in [1.807, 2.05) is 109 Å². The Labute approximate surface area is 311 Å². The fourth-order valence-corrected chi connectivity index (χ4v) is 6.71. The number of alkyl carbamates (subject to hydrolysis) is 1. The molecular weight excluding hydrogens is 675 g/mol. The molecule has 0 spiro atoms. The monoisotopic (exact) mass is 721 g/mol. The summed E-state index contributed by atoms with van der Waals surface area (Å²) >= 11 is 4.54. The first-order chi connectivity index (χ1) is 24.9. The maximum atomic E-state index is 15.2. The molecule has 0 aromatic heterocycles. The van der Waals surface area contributed by atoms with Crippen LogP contribution in [-0.4, -0.2) is 46.4 Å². The van der Waals surface area contributed by atoms with Crippen LogP contribution in [0.2, 0.25) is 0 Å². The molecule has 4 aromatic rings. The first-order valence-corrected chi connectivity index (χ1v) is 18.2. The van der Waals surface area contributed by atoms with Gasteiger partial charge in [-0.1, -0.05) is 97.1 Å². The molecule has 0 bridgehead atoms. The van der Waals surface area contributed by atoms with Crippen LogP contribution in [0, 0.1) is 0 Å². The summed E-state index contributed by atoms with van der Waals surface area (Å²) in [6.45, 7) is 7.57. The fraction of sp³-hybridized carbons (Fsp3) is 0.333. The van der Waals surface area contributed by atoms with Gasteiger partial charge < -0.3 is 24.6 Å². The highest BCUT2D eigenvalue weighted by Gasteiger charge is 2.44. The number of anilines is 1. The van der Waals surface area contributed by atoms with Gasteiger partial charge in [0.15, 0.2) is 0 Å². The average Bonchev–Trinajstić information content (AvgIpc) is 3.20. The van der Waals surface area contributed by atoms with Gasteiger partial charge in [0, 0.05) is 0 Å². The predicted octanol–water partition coefficient (Wildman–Crippen LogP) is 8.21. The molecule has 5 rings (SSSR count). The minimum Gasteiger partial charge on any atom is -0.466 e. The molecule has 0 saturated carbocycles. The van der Waals surface area contributed by atoms with Gasteiger partial charge in [-0.2, -0.15) is 12.6 Å². The molecule has 4 aromatic carbocycles. The summed E-state index contributed by atoms with van der Waals surface area (Å²) in [4.78, 5) is 59.0. The highest BCUT2D eigenvalue weighted by molar-refractivity contribution is 7.80. The molecule has 1 aliphatic rings. The Kier molecular flexibility index (Phi) is 12.8. The normalized spacial score (nSPS) is 15.7.